The highest BCUT2D eigenvalue weighted by molar-refractivity contribution is 6.74. The van der Waals surface area contributed by atoms with Crippen LogP contribution < -0.4 is 10.5 Å². The van der Waals surface area contributed by atoms with E-state index in [9.17, 15) is 18.0 Å². The van der Waals surface area contributed by atoms with E-state index in [1.807, 2.05) is 17.6 Å². The second-order valence-electron chi connectivity index (χ2n) is 11.0. The van der Waals surface area contributed by atoms with Crippen molar-refractivity contribution >= 4 is 14.2 Å². The maximum absolute atomic E-state index is 12.9. The zero-order chi connectivity index (χ0) is 28.3. The average Bonchev–Trinajstić information content (AvgIpc) is 3.31. The lowest BCUT2D eigenvalue weighted by Gasteiger charge is -2.40. The molecule has 38 heavy (non-hydrogen) atoms. The van der Waals surface area contributed by atoms with Gasteiger partial charge in [-0.3, -0.25) is 4.79 Å². The first-order chi connectivity index (χ1) is 17.6. The van der Waals surface area contributed by atoms with Crippen molar-refractivity contribution in [2.45, 2.75) is 70.6 Å². The normalized spacial score (nSPS) is 14.2. The standard InChI is InChI=1S/C28H36F3N3O3Si/c1-19(37-38(5,6)27(2,3)4)25(34-17-24(26(32)35)33-18-34)14-15-36-23-9-7-8-21(16-23)20-10-12-22(13-11-20)28(29,30)31/h7-13,16-19,25H,14-15H2,1-6H3,(H2,32,35)/t19-,25+/m0/s1. The van der Waals surface area contributed by atoms with Crippen LogP contribution in [0.4, 0.5) is 13.2 Å². The lowest BCUT2D eigenvalue weighted by atomic mass is 10.0. The van der Waals surface area contributed by atoms with Crippen LogP contribution in [-0.4, -0.2) is 36.5 Å². The monoisotopic (exact) mass is 547 g/mol. The molecule has 2 N–H and O–H groups in total. The summed E-state index contributed by atoms with van der Waals surface area (Å²) in [6.07, 6.45) is -0.785. The van der Waals surface area contributed by atoms with Crippen LogP contribution >= 0.6 is 0 Å². The van der Waals surface area contributed by atoms with E-state index >= 15 is 0 Å². The van der Waals surface area contributed by atoms with Crippen LogP contribution in [0.25, 0.3) is 11.1 Å². The van der Waals surface area contributed by atoms with E-state index in [0.29, 0.717) is 24.3 Å². The van der Waals surface area contributed by atoms with Crippen LogP contribution in [0, 0.1) is 0 Å². The van der Waals surface area contributed by atoms with Crippen molar-refractivity contribution in [3.05, 3.63) is 72.3 Å². The number of carbonyl (C=O) groups is 1. The third-order valence-corrected chi connectivity index (χ3v) is 11.7. The van der Waals surface area contributed by atoms with E-state index in [-0.39, 0.29) is 22.9 Å². The van der Waals surface area contributed by atoms with Crippen molar-refractivity contribution in [1.82, 2.24) is 9.55 Å². The molecule has 0 spiro atoms. The summed E-state index contributed by atoms with van der Waals surface area (Å²) in [7, 11) is -2.08. The lowest BCUT2D eigenvalue weighted by Crippen LogP contribution is -2.45. The summed E-state index contributed by atoms with van der Waals surface area (Å²) in [5.74, 6) is -0.000582. The molecule has 1 heterocycles. The Morgan fingerprint density at radius 3 is 2.29 bits per heavy atom. The van der Waals surface area contributed by atoms with Gasteiger partial charge in [-0.2, -0.15) is 13.2 Å². The molecular weight excluding hydrogens is 511 g/mol. The number of imidazole rings is 1. The molecular formula is C28H36F3N3O3Si. The minimum atomic E-state index is -4.38. The summed E-state index contributed by atoms with van der Waals surface area (Å²) < 4.78 is 53.3. The van der Waals surface area contributed by atoms with Gasteiger partial charge in [0.15, 0.2) is 8.32 Å². The van der Waals surface area contributed by atoms with Gasteiger partial charge < -0.3 is 19.5 Å². The summed E-state index contributed by atoms with van der Waals surface area (Å²) in [6, 6.07) is 12.1. The molecule has 0 saturated heterocycles. The first-order valence-corrected chi connectivity index (χ1v) is 15.4. The molecule has 0 aliphatic carbocycles. The molecule has 0 saturated carbocycles. The number of hydrogen-bond donors (Lipinski definition) is 1. The van der Waals surface area contributed by atoms with Gasteiger partial charge in [-0.05, 0) is 60.4 Å². The molecule has 3 rings (SSSR count). The van der Waals surface area contributed by atoms with Crippen molar-refractivity contribution in [2.75, 3.05) is 6.61 Å². The van der Waals surface area contributed by atoms with Gasteiger partial charge in [0.2, 0.25) is 0 Å². The van der Waals surface area contributed by atoms with Gasteiger partial charge in [-0.15, -0.1) is 0 Å². The number of ether oxygens (including phenoxy) is 1. The van der Waals surface area contributed by atoms with E-state index in [2.05, 4.69) is 38.8 Å². The molecule has 206 valence electrons. The highest BCUT2D eigenvalue weighted by atomic mass is 28.4. The number of nitrogens with zero attached hydrogens (tertiary/aromatic N) is 2. The topological polar surface area (TPSA) is 79.4 Å². The second kappa shape index (κ2) is 11.3. The molecule has 0 bridgehead atoms. The maximum Gasteiger partial charge on any atom is 0.416 e. The summed E-state index contributed by atoms with van der Waals surface area (Å²) >= 11 is 0. The SMILES string of the molecule is C[C@H](O[Si](C)(C)C(C)(C)C)[C@@H](CCOc1cccc(-c2ccc(C(F)(F)F)cc2)c1)n1cnc(C(N)=O)c1. The van der Waals surface area contributed by atoms with Crippen molar-refractivity contribution in [2.24, 2.45) is 5.73 Å². The molecule has 0 radical (unpaired) electrons. The zero-order valence-corrected chi connectivity index (χ0v) is 23.7. The van der Waals surface area contributed by atoms with Crippen LogP contribution in [0.3, 0.4) is 0 Å². The average molecular weight is 548 g/mol. The number of amides is 1. The van der Waals surface area contributed by atoms with Crippen LogP contribution in [0.1, 0.15) is 56.2 Å². The van der Waals surface area contributed by atoms with E-state index in [0.717, 1.165) is 17.7 Å². The van der Waals surface area contributed by atoms with Gasteiger partial charge in [0.25, 0.3) is 5.91 Å². The Balaban J connectivity index is 1.75. The number of primary amides is 1. The third kappa shape index (κ3) is 7.26. The summed E-state index contributed by atoms with van der Waals surface area (Å²) in [4.78, 5) is 15.8. The van der Waals surface area contributed by atoms with Crippen molar-refractivity contribution in [3.8, 4) is 16.9 Å². The largest absolute Gasteiger partial charge is 0.493 e. The van der Waals surface area contributed by atoms with Gasteiger partial charge in [0.1, 0.15) is 11.4 Å². The number of halogens is 3. The molecule has 1 amide bonds. The molecule has 10 heteroatoms. The second-order valence-corrected chi connectivity index (χ2v) is 15.7. The minimum Gasteiger partial charge on any atom is -0.493 e. The molecule has 6 nitrogen and oxygen atoms in total. The van der Waals surface area contributed by atoms with Gasteiger partial charge >= 0.3 is 6.18 Å². The fourth-order valence-electron chi connectivity index (χ4n) is 3.91. The quantitative estimate of drug-likeness (QED) is 0.275. The van der Waals surface area contributed by atoms with E-state index in [1.54, 1.807) is 30.7 Å². The van der Waals surface area contributed by atoms with Crippen LogP contribution in [0.5, 0.6) is 5.75 Å². The molecule has 0 fully saturated rings. The summed E-state index contributed by atoms with van der Waals surface area (Å²) in [6.45, 7) is 13.3. The maximum atomic E-state index is 12.9. The zero-order valence-electron chi connectivity index (χ0n) is 22.7. The van der Waals surface area contributed by atoms with Gasteiger partial charge in [-0.25, -0.2) is 4.98 Å². The number of nitrogens with two attached hydrogens (primary N) is 1. The Labute approximate surface area is 223 Å². The number of rotatable bonds is 10. The number of alkyl halides is 3. The molecule has 2 aromatic carbocycles. The third-order valence-electron chi connectivity index (χ3n) is 7.13. The van der Waals surface area contributed by atoms with E-state index in [1.165, 1.54) is 12.1 Å². The molecule has 2 atom stereocenters. The van der Waals surface area contributed by atoms with Crippen molar-refractivity contribution < 1.29 is 27.1 Å². The summed E-state index contributed by atoms with van der Waals surface area (Å²) in [5, 5.41) is 0.0222. The number of hydrogen-bond acceptors (Lipinski definition) is 4. The molecule has 0 aliphatic heterocycles. The van der Waals surface area contributed by atoms with Gasteiger partial charge in [-0.1, -0.05) is 45.0 Å². The molecule has 0 unspecified atom stereocenters. The smallest absolute Gasteiger partial charge is 0.416 e. The number of benzene rings is 2. The van der Waals surface area contributed by atoms with Crippen LogP contribution in [-0.2, 0) is 10.6 Å². The lowest BCUT2D eigenvalue weighted by molar-refractivity contribution is -0.137. The highest BCUT2D eigenvalue weighted by Gasteiger charge is 2.40. The predicted molar refractivity (Wildman–Crippen MR) is 145 cm³/mol. The fraction of sp³-hybridized carbons (Fsp3) is 0.429. The Morgan fingerprint density at radius 2 is 1.74 bits per heavy atom. The number of carbonyl (C=O) groups excluding carboxylic acids is 1. The highest BCUT2D eigenvalue weighted by Crippen LogP contribution is 2.39. The van der Waals surface area contributed by atoms with Crippen LogP contribution in [0.2, 0.25) is 18.1 Å². The summed E-state index contributed by atoms with van der Waals surface area (Å²) in [5.41, 5.74) is 6.32. The van der Waals surface area contributed by atoms with Gasteiger partial charge in [0, 0.05) is 12.6 Å². The van der Waals surface area contributed by atoms with E-state index < -0.39 is 26.0 Å². The Morgan fingerprint density at radius 1 is 1.08 bits per heavy atom. The Bertz CT molecular complexity index is 1230. The number of aromatic nitrogens is 2. The fourth-order valence-corrected chi connectivity index (χ4v) is 5.35. The molecule has 0 aliphatic rings. The molecule has 1 aromatic heterocycles. The van der Waals surface area contributed by atoms with E-state index in [4.69, 9.17) is 14.9 Å². The van der Waals surface area contributed by atoms with Gasteiger partial charge in [0.05, 0.1) is 30.6 Å². The van der Waals surface area contributed by atoms with Crippen molar-refractivity contribution in [3.63, 3.8) is 0 Å². The Hall–Kier alpha value is -3.11. The Kier molecular flexibility index (Phi) is 8.78. The molecule has 3 aromatic rings. The van der Waals surface area contributed by atoms with Crippen LogP contribution in [0.15, 0.2) is 61.1 Å². The predicted octanol–water partition coefficient (Wildman–Crippen LogP) is 7.09. The first-order valence-electron chi connectivity index (χ1n) is 12.5. The van der Waals surface area contributed by atoms with Crippen molar-refractivity contribution in [1.29, 1.82) is 0 Å². The first kappa shape index (κ1) is 29.4. The minimum absolute atomic E-state index is 0.0222.